The Kier molecular flexibility index (Phi) is 9.28. The second-order valence-electron chi connectivity index (χ2n) is 5.42. The van der Waals surface area contributed by atoms with Crippen LogP contribution in [0.5, 0.6) is 0 Å². The van der Waals surface area contributed by atoms with Crippen molar-refractivity contribution in [2.24, 2.45) is 0 Å². The zero-order chi connectivity index (χ0) is 15.3. The molecule has 0 aromatic heterocycles. The van der Waals surface area contributed by atoms with E-state index in [1.54, 1.807) is 0 Å². The van der Waals surface area contributed by atoms with Gasteiger partial charge in [-0.3, -0.25) is 0 Å². The predicted octanol–water partition coefficient (Wildman–Crippen LogP) is 7.13. The number of rotatable bonds is 9. The highest BCUT2D eigenvalue weighted by Crippen LogP contribution is 2.21. The molecule has 114 valence electrons. The van der Waals surface area contributed by atoms with Crippen molar-refractivity contribution in [3.8, 4) is 0 Å². The molecule has 0 amide bonds. The summed E-state index contributed by atoms with van der Waals surface area (Å²) < 4.78 is 0. The van der Waals surface area contributed by atoms with Gasteiger partial charge in [0.25, 0.3) is 0 Å². The van der Waals surface area contributed by atoms with Gasteiger partial charge in [0.05, 0.1) is 0 Å². The first kappa shape index (κ1) is 17.5. The third-order valence-corrected chi connectivity index (χ3v) is 3.42. The fourth-order valence-corrected chi connectivity index (χ4v) is 2.21. The van der Waals surface area contributed by atoms with Crippen molar-refractivity contribution in [1.82, 2.24) is 0 Å². The Hall–Kier alpha value is -1.56. The molecule has 1 rings (SSSR count). The Bertz CT molecular complexity index is 441. The normalized spacial score (nSPS) is 12.1. The van der Waals surface area contributed by atoms with Crippen molar-refractivity contribution in [2.45, 2.75) is 59.3 Å². The van der Waals surface area contributed by atoms with Gasteiger partial charge in [-0.05, 0) is 36.0 Å². The molecular weight excluding hydrogens is 252 g/mol. The van der Waals surface area contributed by atoms with Gasteiger partial charge in [0.15, 0.2) is 0 Å². The van der Waals surface area contributed by atoms with Crippen molar-refractivity contribution < 1.29 is 0 Å². The maximum atomic E-state index is 2.30. The van der Waals surface area contributed by atoms with Crippen LogP contribution in [0.2, 0.25) is 0 Å². The Morgan fingerprint density at radius 2 is 1.10 bits per heavy atom. The summed E-state index contributed by atoms with van der Waals surface area (Å²) in [5.74, 6) is 0. The minimum atomic E-state index is 1.14. The van der Waals surface area contributed by atoms with E-state index < -0.39 is 0 Å². The number of allylic oxidation sites excluding steroid dienone is 3. The quantitative estimate of drug-likeness (QED) is 0.452. The SMILES string of the molecule is CCCC=Cc1cccc(C=CCCC)c1C=CCCC. The second kappa shape index (κ2) is 11.1. The summed E-state index contributed by atoms with van der Waals surface area (Å²) in [6.07, 6.45) is 20.7. The summed E-state index contributed by atoms with van der Waals surface area (Å²) in [6, 6.07) is 6.60. The van der Waals surface area contributed by atoms with Crippen LogP contribution < -0.4 is 0 Å². The maximum Gasteiger partial charge on any atom is -0.0115 e. The molecule has 0 aliphatic carbocycles. The highest BCUT2D eigenvalue weighted by molar-refractivity contribution is 5.74. The predicted molar refractivity (Wildman–Crippen MR) is 98.3 cm³/mol. The molecule has 0 atom stereocenters. The Morgan fingerprint density at radius 1 is 0.667 bits per heavy atom. The molecule has 1 aromatic carbocycles. The highest BCUT2D eigenvalue weighted by Gasteiger charge is 2.01. The molecule has 0 spiro atoms. The summed E-state index contributed by atoms with van der Waals surface area (Å²) in [5.41, 5.74) is 4.01. The molecule has 0 aliphatic rings. The lowest BCUT2D eigenvalue weighted by Gasteiger charge is -2.06. The fourth-order valence-electron chi connectivity index (χ4n) is 2.21. The smallest absolute Gasteiger partial charge is 0.0115 e. The van der Waals surface area contributed by atoms with E-state index in [4.69, 9.17) is 0 Å². The van der Waals surface area contributed by atoms with Crippen LogP contribution in [0, 0.1) is 0 Å². The number of unbranched alkanes of at least 4 members (excludes halogenated alkanes) is 3. The first-order valence-electron chi connectivity index (χ1n) is 8.46. The topological polar surface area (TPSA) is 0 Å². The van der Waals surface area contributed by atoms with Crippen LogP contribution in [0.4, 0.5) is 0 Å². The molecule has 0 bridgehead atoms. The van der Waals surface area contributed by atoms with Gasteiger partial charge in [0.2, 0.25) is 0 Å². The Labute approximate surface area is 131 Å². The molecule has 21 heavy (non-hydrogen) atoms. The average molecular weight is 282 g/mol. The fraction of sp³-hybridized carbons (Fsp3) is 0.429. The van der Waals surface area contributed by atoms with Crippen molar-refractivity contribution in [2.75, 3.05) is 0 Å². The summed E-state index contributed by atoms with van der Waals surface area (Å²) in [4.78, 5) is 0. The molecule has 0 heteroatoms. The average Bonchev–Trinajstić information content (AvgIpc) is 2.50. The zero-order valence-electron chi connectivity index (χ0n) is 13.9. The molecule has 0 N–H and O–H groups in total. The molecule has 0 radical (unpaired) electrons. The van der Waals surface area contributed by atoms with Gasteiger partial charge < -0.3 is 0 Å². The summed E-state index contributed by atoms with van der Waals surface area (Å²) >= 11 is 0. The number of benzene rings is 1. The molecule has 1 aromatic rings. The van der Waals surface area contributed by atoms with Gasteiger partial charge >= 0.3 is 0 Å². The summed E-state index contributed by atoms with van der Waals surface area (Å²) in [6.45, 7) is 6.66. The lowest BCUT2D eigenvalue weighted by Crippen LogP contribution is -1.86. The van der Waals surface area contributed by atoms with E-state index in [1.165, 1.54) is 36.0 Å². The molecule has 0 saturated heterocycles. The van der Waals surface area contributed by atoms with Crippen molar-refractivity contribution in [3.05, 3.63) is 53.1 Å². The minimum Gasteiger partial charge on any atom is -0.0839 e. The van der Waals surface area contributed by atoms with Gasteiger partial charge in [0.1, 0.15) is 0 Å². The molecule has 0 nitrogen and oxygen atoms in total. The van der Waals surface area contributed by atoms with E-state index in [1.807, 2.05) is 0 Å². The van der Waals surface area contributed by atoms with Crippen LogP contribution in [0.3, 0.4) is 0 Å². The van der Waals surface area contributed by atoms with Crippen molar-refractivity contribution in [3.63, 3.8) is 0 Å². The molecule has 0 unspecified atom stereocenters. The molecular formula is C21H30. The minimum absolute atomic E-state index is 1.14. The van der Waals surface area contributed by atoms with Crippen LogP contribution in [0.15, 0.2) is 36.4 Å². The molecule has 0 aliphatic heterocycles. The van der Waals surface area contributed by atoms with Gasteiger partial charge in [-0.1, -0.05) is 94.7 Å². The lowest BCUT2D eigenvalue weighted by molar-refractivity contribution is 0.961. The Morgan fingerprint density at radius 3 is 1.52 bits per heavy atom. The molecule has 0 heterocycles. The first-order valence-corrected chi connectivity index (χ1v) is 8.46. The Balaban J connectivity index is 3.07. The van der Waals surface area contributed by atoms with Gasteiger partial charge in [0, 0.05) is 0 Å². The second-order valence-corrected chi connectivity index (χ2v) is 5.42. The maximum absolute atomic E-state index is 2.30. The van der Waals surface area contributed by atoms with Crippen LogP contribution in [-0.4, -0.2) is 0 Å². The van der Waals surface area contributed by atoms with Gasteiger partial charge in [-0.2, -0.15) is 0 Å². The highest BCUT2D eigenvalue weighted by atomic mass is 14.1. The van der Waals surface area contributed by atoms with E-state index in [0.29, 0.717) is 0 Å². The first-order chi connectivity index (χ1) is 10.3. The van der Waals surface area contributed by atoms with E-state index in [-0.39, 0.29) is 0 Å². The standard InChI is InChI=1S/C21H30/c1-4-7-10-14-19-16-13-17-20(15-11-8-5-2)21(19)18-12-9-6-3/h10-18H,4-9H2,1-3H3. The van der Waals surface area contributed by atoms with Gasteiger partial charge in [-0.25, -0.2) is 0 Å². The van der Waals surface area contributed by atoms with Crippen molar-refractivity contribution in [1.29, 1.82) is 0 Å². The summed E-state index contributed by atoms with van der Waals surface area (Å²) in [5, 5.41) is 0. The third kappa shape index (κ3) is 6.62. The van der Waals surface area contributed by atoms with Gasteiger partial charge in [-0.15, -0.1) is 0 Å². The van der Waals surface area contributed by atoms with E-state index in [0.717, 1.165) is 19.3 Å². The van der Waals surface area contributed by atoms with E-state index >= 15 is 0 Å². The monoisotopic (exact) mass is 282 g/mol. The third-order valence-electron chi connectivity index (χ3n) is 3.42. The van der Waals surface area contributed by atoms with Crippen LogP contribution in [0.1, 0.15) is 76.0 Å². The van der Waals surface area contributed by atoms with E-state index in [9.17, 15) is 0 Å². The van der Waals surface area contributed by atoms with Crippen molar-refractivity contribution >= 4 is 18.2 Å². The van der Waals surface area contributed by atoms with E-state index in [2.05, 4.69) is 75.4 Å². The van der Waals surface area contributed by atoms with Crippen LogP contribution >= 0.6 is 0 Å². The summed E-state index contributed by atoms with van der Waals surface area (Å²) in [7, 11) is 0. The lowest BCUT2D eigenvalue weighted by atomic mass is 9.98. The number of hydrogen-bond donors (Lipinski definition) is 0. The number of hydrogen-bond acceptors (Lipinski definition) is 0. The zero-order valence-corrected chi connectivity index (χ0v) is 13.9. The van der Waals surface area contributed by atoms with Crippen LogP contribution in [-0.2, 0) is 0 Å². The van der Waals surface area contributed by atoms with Crippen LogP contribution in [0.25, 0.3) is 18.2 Å². The largest absolute Gasteiger partial charge is 0.0839 e. The molecule has 0 fully saturated rings. The molecule has 0 saturated carbocycles.